The molecule has 0 bridgehead atoms. The van der Waals surface area contributed by atoms with E-state index in [2.05, 4.69) is 40.2 Å². The standard InChI is InChI=1S/C27H38N4O2/c1-27(2,3)33-26(32)31-16-14-30(15-17-31)20-23-10-7-11-25(29-23)22-12-13-28-24(19-22)18-21-8-5-4-6-9-21/h7,10-13,19,21H,4-6,8-9,14-18,20H2,1-3H3. The maximum absolute atomic E-state index is 12.3. The fourth-order valence-corrected chi connectivity index (χ4v) is 4.81. The van der Waals surface area contributed by atoms with E-state index < -0.39 is 5.60 Å². The highest BCUT2D eigenvalue weighted by Crippen LogP contribution is 2.27. The van der Waals surface area contributed by atoms with Gasteiger partial charge in [0.1, 0.15) is 5.60 Å². The first-order chi connectivity index (χ1) is 15.9. The molecule has 0 radical (unpaired) electrons. The van der Waals surface area contributed by atoms with Gasteiger partial charge in [-0.05, 0) is 57.4 Å². The fraction of sp³-hybridized carbons (Fsp3) is 0.593. The second-order valence-electron chi connectivity index (χ2n) is 10.5. The number of pyridine rings is 2. The minimum Gasteiger partial charge on any atom is -0.444 e. The second-order valence-corrected chi connectivity index (χ2v) is 10.5. The molecular weight excluding hydrogens is 412 g/mol. The van der Waals surface area contributed by atoms with Crippen LogP contribution >= 0.6 is 0 Å². The zero-order valence-electron chi connectivity index (χ0n) is 20.4. The molecule has 6 heteroatoms. The van der Waals surface area contributed by atoms with E-state index in [0.717, 1.165) is 48.9 Å². The molecular formula is C27H38N4O2. The van der Waals surface area contributed by atoms with Crippen molar-refractivity contribution in [3.05, 3.63) is 47.9 Å². The summed E-state index contributed by atoms with van der Waals surface area (Å²) in [5.41, 5.74) is 3.94. The zero-order chi connectivity index (χ0) is 23.3. The Balaban J connectivity index is 1.34. The molecule has 3 heterocycles. The number of ether oxygens (including phenoxy) is 1. The van der Waals surface area contributed by atoms with Crippen molar-refractivity contribution in [3.8, 4) is 11.3 Å². The van der Waals surface area contributed by atoms with Gasteiger partial charge in [-0.2, -0.15) is 0 Å². The Bertz CT molecular complexity index is 926. The van der Waals surface area contributed by atoms with Gasteiger partial charge in [0.05, 0.1) is 11.4 Å². The van der Waals surface area contributed by atoms with Crippen LogP contribution in [0.15, 0.2) is 36.5 Å². The van der Waals surface area contributed by atoms with Crippen LogP contribution in [0, 0.1) is 5.92 Å². The Morgan fingerprint density at radius 2 is 1.79 bits per heavy atom. The van der Waals surface area contributed by atoms with Gasteiger partial charge in [0.2, 0.25) is 0 Å². The Kier molecular flexibility index (Phi) is 7.63. The van der Waals surface area contributed by atoms with Crippen LogP contribution < -0.4 is 0 Å². The van der Waals surface area contributed by atoms with E-state index in [1.54, 1.807) is 4.90 Å². The first-order valence-electron chi connectivity index (χ1n) is 12.5. The number of piperazine rings is 1. The monoisotopic (exact) mass is 450 g/mol. The van der Waals surface area contributed by atoms with E-state index in [4.69, 9.17) is 9.72 Å². The molecule has 0 aromatic carbocycles. The number of carbonyl (C=O) groups excluding carboxylic acids is 1. The summed E-state index contributed by atoms with van der Waals surface area (Å²) in [4.78, 5) is 26.1. The molecule has 6 nitrogen and oxygen atoms in total. The van der Waals surface area contributed by atoms with Gasteiger partial charge in [0.15, 0.2) is 0 Å². The summed E-state index contributed by atoms with van der Waals surface area (Å²) in [5.74, 6) is 0.778. The highest BCUT2D eigenvalue weighted by molar-refractivity contribution is 5.68. The highest BCUT2D eigenvalue weighted by atomic mass is 16.6. The number of amides is 1. The first kappa shape index (κ1) is 23.7. The zero-order valence-corrected chi connectivity index (χ0v) is 20.4. The third-order valence-corrected chi connectivity index (χ3v) is 6.55. The van der Waals surface area contributed by atoms with Gasteiger partial charge < -0.3 is 9.64 Å². The summed E-state index contributed by atoms with van der Waals surface area (Å²) in [6.45, 7) is 9.52. The minimum absolute atomic E-state index is 0.219. The third kappa shape index (κ3) is 7.00. The van der Waals surface area contributed by atoms with Crippen molar-refractivity contribution in [1.29, 1.82) is 0 Å². The molecule has 0 spiro atoms. The van der Waals surface area contributed by atoms with E-state index >= 15 is 0 Å². The summed E-state index contributed by atoms with van der Waals surface area (Å²) < 4.78 is 5.50. The molecule has 1 aliphatic carbocycles. The summed E-state index contributed by atoms with van der Waals surface area (Å²) in [6.07, 6.45) is 9.56. The van der Waals surface area contributed by atoms with Gasteiger partial charge in [-0.15, -0.1) is 0 Å². The molecule has 0 atom stereocenters. The van der Waals surface area contributed by atoms with Crippen molar-refractivity contribution in [3.63, 3.8) is 0 Å². The van der Waals surface area contributed by atoms with Crippen molar-refractivity contribution in [2.45, 2.75) is 71.4 Å². The average Bonchev–Trinajstić information content (AvgIpc) is 2.79. The van der Waals surface area contributed by atoms with E-state index in [1.165, 1.54) is 37.8 Å². The van der Waals surface area contributed by atoms with Crippen LogP contribution in [0.5, 0.6) is 0 Å². The lowest BCUT2D eigenvalue weighted by atomic mass is 9.86. The highest BCUT2D eigenvalue weighted by Gasteiger charge is 2.26. The molecule has 1 amide bonds. The van der Waals surface area contributed by atoms with Crippen LogP contribution in [0.1, 0.15) is 64.3 Å². The maximum atomic E-state index is 12.3. The van der Waals surface area contributed by atoms with E-state index in [1.807, 2.05) is 27.0 Å². The molecule has 178 valence electrons. The molecule has 1 saturated heterocycles. The predicted octanol–water partition coefficient (Wildman–Crippen LogP) is 5.32. The van der Waals surface area contributed by atoms with Crippen LogP contribution in [-0.2, 0) is 17.7 Å². The summed E-state index contributed by atoms with van der Waals surface area (Å²) in [7, 11) is 0. The number of nitrogens with zero attached hydrogens (tertiary/aromatic N) is 4. The van der Waals surface area contributed by atoms with Gasteiger partial charge in [-0.1, -0.05) is 38.2 Å². The molecule has 0 N–H and O–H groups in total. The topological polar surface area (TPSA) is 58.6 Å². The smallest absolute Gasteiger partial charge is 0.410 e. The molecule has 4 rings (SSSR count). The number of rotatable bonds is 5. The van der Waals surface area contributed by atoms with Crippen molar-refractivity contribution >= 4 is 6.09 Å². The van der Waals surface area contributed by atoms with Crippen molar-refractivity contribution in [2.24, 2.45) is 5.92 Å². The van der Waals surface area contributed by atoms with E-state index in [9.17, 15) is 4.79 Å². The van der Waals surface area contributed by atoms with Crippen LogP contribution in [0.2, 0.25) is 0 Å². The predicted molar refractivity (Wildman–Crippen MR) is 131 cm³/mol. The van der Waals surface area contributed by atoms with Crippen LogP contribution in [-0.4, -0.2) is 57.6 Å². The fourth-order valence-electron chi connectivity index (χ4n) is 4.81. The Morgan fingerprint density at radius 1 is 1.03 bits per heavy atom. The van der Waals surface area contributed by atoms with Crippen LogP contribution in [0.4, 0.5) is 4.79 Å². The SMILES string of the molecule is CC(C)(C)OC(=O)N1CCN(Cc2cccc(-c3ccnc(CC4CCCCC4)c3)n2)CC1. The molecule has 33 heavy (non-hydrogen) atoms. The number of carbonyl (C=O) groups is 1. The number of hydrogen-bond donors (Lipinski definition) is 0. The quantitative estimate of drug-likeness (QED) is 0.617. The number of aromatic nitrogens is 2. The average molecular weight is 451 g/mol. The molecule has 1 saturated carbocycles. The van der Waals surface area contributed by atoms with Crippen LogP contribution in [0.3, 0.4) is 0 Å². The first-order valence-corrected chi connectivity index (χ1v) is 12.5. The van der Waals surface area contributed by atoms with Gasteiger partial charge in [-0.3, -0.25) is 14.9 Å². The molecule has 2 aromatic heterocycles. The summed E-state index contributed by atoms with van der Waals surface area (Å²) >= 11 is 0. The largest absolute Gasteiger partial charge is 0.444 e. The van der Waals surface area contributed by atoms with Gasteiger partial charge in [0.25, 0.3) is 0 Å². The molecule has 2 aliphatic rings. The summed E-state index contributed by atoms with van der Waals surface area (Å²) in [6, 6.07) is 10.6. The Labute approximate surface area is 198 Å². The van der Waals surface area contributed by atoms with Gasteiger partial charge in [-0.25, -0.2) is 4.79 Å². The third-order valence-electron chi connectivity index (χ3n) is 6.55. The summed E-state index contributed by atoms with van der Waals surface area (Å²) in [5, 5.41) is 0. The second kappa shape index (κ2) is 10.6. The molecule has 2 aromatic rings. The Morgan fingerprint density at radius 3 is 2.52 bits per heavy atom. The lowest BCUT2D eigenvalue weighted by Crippen LogP contribution is -2.49. The molecule has 1 aliphatic heterocycles. The normalized spacial score (nSPS) is 18.3. The molecule has 0 unspecified atom stereocenters. The van der Waals surface area contributed by atoms with Crippen molar-refractivity contribution < 1.29 is 9.53 Å². The molecule has 2 fully saturated rings. The van der Waals surface area contributed by atoms with E-state index in [-0.39, 0.29) is 6.09 Å². The lowest BCUT2D eigenvalue weighted by molar-refractivity contribution is 0.0138. The van der Waals surface area contributed by atoms with Gasteiger partial charge >= 0.3 is 6.09 Å². The Hall–Kier alpha value is -2.47. The van der Waals surface area contributed by atoms with Crippen LogP contribution in [0.25, 0.3) is 11.3 Å². The van der Waals surface area contributed by atoms with Crippen molar-refractivity contribution in [1.82, 2.24) is 19.8 Å². The van der Waals surface area contributed by atoms with Gasteiger partial charge in [0, 0.05) is 50.2 Å². The van der Waals surface area contributed by atoms with E-state index in [0.29, 0.717) is 13.1 Å². The maximum Gasteiger partial charge on any atom is 0.410 e. The minimum atomic E-state index is -0.457. The van der Waals surface area contributed by atoms with Crippen molar-refractivity contribution in [2.75, 3.05) is 26.2 Å². The number of hydrogen-bond acceptors (Lipinski definition) is 5. The lowest BCUT2D eigenvalue weighted by Gasteiger charge is -2.35.